The van der Waals surface area contributed by atoms with Gasteiger partial charge in [0.05, 0.1) is 14.2 Å². The van der Waals surface area contributed by atoms with Gasteiger partial charge in [-0.05, 0) is 43.5 Å². The van der Waals surface area contributed by atoms with Gasteiger partial charge in [-0.3, -0.25) is 4.79 Å². The number of likely N-dealkylation sites (N-methyl/N-ethyl adjacent to an activating group) is 1. The third-order valence-electron chi connectivity index (χ3n) is 3.82. The number of hydrogen-bond acceptors (Lipinski definition) is 5. The highest BCUT2D eigenvalue weighted by molar-refractivity contribution is 7.99. The van der Waals surface area contributed by atoms with E-state index in [1.807, 2.05) is 31.2 Å². The summed E-state index contributed by atoms with van der Waals surface area (Å²) >= 11 is 1.67. The van der Waals surface area contributed by atoms with Crippen LogP contribution in [-0.4, -0.2) is 38.0 Å². The number of methoxy groups -OCH3 is 2. The molecule has 0 aliphatic heterocycles. The lowest BCUT2D eigenvalue weighted by atomic mass is 9.95. The molecule has 5 heteroatoms. The van der Waals surface area contributed by atoms with E-state index in [1.165, 1.54) is 7.11 Å². The van der Waals surface area contributed by atoms with Crippen LogP contribution in [0.5, 0.6) is 5.75 Å². The fraction of sp³-hybridized carbons (Fsp3) is 0.562. The van der Waals surface area contributed by atoms with E-state index in [0.717, 1.165) is 30.0 Å². The monoisotopic (exact) mass is 309 g/mol. The molecule has 21 heavy (non-hydrogen) atoms. The van der Waals surface area contributed by atoms with Crippen LogP contribution in [0.3, 0.4) is 0 Å². The molecule has 0 spiro atoms. The molecule has 1 atom stereocenters. The maximum absolute atomic E-state index is 12.3. The van der Waals surface area contributed by atoms with Crippen molar-refractivity contribution < 1.29 is 14.3 Å². The molecule has 1 fully saturated rings. The van der Waals surface area contributed by atoms with Crippen molar-refractivity contribution >= 4 is 17.7 Å². The molecule has 1 aromatic rings. The molecule has 2 rings (SSSR count). The highest BCUT2D eigenvalue weighted by Crippen LogP contribution is 2.43. The lowest BCUT2D eigenvalue weighted by Gasteiger charge is -2.31. The first-order chi connectivity index (χ1) is 10.2. The van der Waals surface area contributed by atoms with Gasteiger partial charge in [-0.25, -0.2) is 0 Å². The van der Waals surface area contributed by atoms with Crippen molar-refractivity contribution in [3.63, 3.8) is 0 Å². The van der Waals surface area contributed by atoms with Gasteiger partial charge >= 0.3 is 5.97 Å². The van der Waals surface area contributed by atoms with Crippen molar-refractivity contribution in [3.05, 3.63) is 24.3 Å². The van der Waals surface area contributed by atoms with Gasteiger partial charge in [0, 0.05) is 10.6 Å². The molecular formula is C16H23NO3S. The van der Waals surface area contributed by atoms with Crippen molar-refractivity contribution in [2.24, 2.45) is 5.92 Å². The Morgan fingerprint density at radius 1 is 1.43 bits per heavy atom. The SMILES string of the molecule is CCNC(CSc1cccc(OC)c1)(C(=O)OC)C1CC1. The highest BCUT2D eigenvalue weighted by atomic mass is 32.2. The van der Waals surface area contributed by atoms with Crippen LogP contribution in [0.2, 0.25) is 0 Å². The van der Waals surface area contributed by atoms with Gasteiger partial charge in [-0.15, -0.1) is 11.8 Å². The number of hydrogen-bond donors (Lipinski definition) is 1. The van der Waals surface area contributed by atoms with E-state index < -0.39 is 5.54 Å². The Morgan fingerprint density at radius 3 is 2.76 bits per heavy atom. The average Bonchev–Trinajstić information content (AvgIpc) is 3.36. The molecule has 1 aromatic carbocycles. The summed E-state index contributed by atoms with van der Waals surface area (Å²) in [4.78, 5) is 13.4. The Labute approximate surface area is 130 Å². The van der Waals surface area contributed by atoms with Crippen molar-refractivity contribution in [2.45, 2.75) is 30.2 Å². The molecule has 116 valence electrons. The van der Waals surface area contributed by atoms with Gasteiger partial charge in [0.2, 0.25) is 0 Å². The van der Waals surface area contributed by atoms with E-state index in [0.29, 0.717) is 11.7 Å². The molecular weight excluding hydrogens is 286 g/mol. The largest absolute Gasteiger partial charge is 0.497 e. The zero-order valence-corrected chi connectivity index (χ0v) is 13.7. The second kappa shape index (κ2) is 7.18. The fourth-order valence-electron chi connectivity index (χ4n) is 2.57. The van der Waals surface area contributed by atoms with Gasteiger partial charge in [-0.1, -0.05) is 13.0 Å². The van der Waals surface area contributed by atoms with E-state index >= 15 is 0 Å². The van der Waals surface area contributed by atoms with Gasteiger partial charge in [-0.2, -0.15) is 0 Å². The molecule has 0 radical (unpaired) electrons. The minimum absolute atomic E-state index is 0.151. The fourth-order valence-corrected chi connectivity index (χ4v) is 3.80. The van der Waals surface area contributed by atoms with Crippen molar-refractivity contribution in [2.75, 3.05) is 26.5 Å². The van der Waals surface area contributed by atoms with Crippen LogP contribution in [0, 0.1) is 5.92 Å². The lowest BCUT2D eigenvalue weighted by molar-refractivity contribution is -0.148. The summed E-state index contributed by atoms with van der Waals surface area (Å²) in [5, 5.41) is 3.38. The van der Waals surface area contributed by atoms with E-state index in [1.54, 1.807) is 18.9 Å². The molecule has 0 heterocycles. The Morgan fingerprint density at radius 2 is 2.19 bits per heavy atom. The van der Waals surface area contributed by atoms with Crippen molar-refractivity contribution in [1.82, 2.24) is 5.32 Å². The number of thioether (sulfide) groups is 1. The summed E-state index contributed by atoms with van der Waals surface area (Å²) in [6.45, 7) is 2.78. The van der Waals surface area contributed by atoms with Crippen LogP contribution < -0.4 is 10.1 Å². The van der Waals surface area contributed by atoms with Crippen LogP contribution in [-0.2, 0) is 9.53 Å². The van der Waals surface area contributed by atoms with E-state index in [9.17, 15) is 4.79 Å². The molecule has 1 N–H and O–H groups in total. The summed E-state index contributed by atoms with van der Waals surface area (Å²) in [6, 6.07) is 7.91. The van der Waals surface area contributed by atoms with Gasteiger partial charge in [0.25, 0.3) is 0 Å². The third-order valence-corrected chi connectivity index (χ3v) is 5.01. The van der Waals surface area contributed by atoms with Crippen LogP contribution in [0.1, 0.15) is 19.8 Å². The standard InChI is InChI=1S/C16H23NO3S/c1-4-17-16(12-8-9-12,15(18)20-3)11-21-14-7-5-6-13(10-14)19-2/h5-7,10,12,17H,4,8-9,11H2,1-3H3. The summed E-state index contributed by atoms with van der Waals surface area (Å²) in [6.07, 6.45) is 2.17. The van der Waals surface area contributed by atoms with E-state index in [4.69, 9.17) is 9.47 Å². The summed E-state index contributed by atoms with van der Waals surface area (Å²) < 4.78 is 10.3. The Hall–Kier alpha value is -1.20. The number of carbonyl (C=O) groups excluding carboxylic acids is 1. The Balaban J connectivity index is 2.12. The lowest BCUT2D eigenvalue weighted by Crippen LogP contribution is -2.56. The molecule has 1 aliphatic carbocycles. The number of nitrogens with one attached hydrogen (secondary N) is 1. The number of benzene rings is 1. The average molecular weight is 309 g/mol. The zero-order chi connectivity index (χ0) is 15.3. The smallest absolute Gasteiger partial charge is 0.327 e. The minimum Gasteiger partial charge on any atom is -0.497 e. The van der Waals surface area contributed by atoms with Crippen LogP contribution in [0.4, 0.5) is 0 Å². The van der Waals surface area contributed by atoms with Gasteiger partial charge in [0.1, 0.15) is 11.3 Å². The van der Waals surface area contributed by atoms with Crippen LogP contribution in [0.25, 0.3) is 0 Å². The molecule has 4 nitrogen and oxygen atoms in total. The number of rotatable bonds is 8. The van der Waals surface area contributed by atoms with Gasteiger partial charge in [0.15, 0.2) is 0 Å². The maximum atomic E-state index is 12.3. The minimum atomic E-state index is -0.572. The Bertz CT molecular complexity index is 490. The second-order valence-corrected chi connectivity index (χ2v) is 6.28. The maximum Gasteiger partial charge on any atom is 0.327 e. The molecule has 1 saturated carbocycles. The van der Waals surface area contributed by atoms with Crippen LogP contribution in [0.15, 0.2) is 29.2 Å². The molecule has 0 saturated heterocycles. The normalized spacial score (nSPS) is 17.1. The number of ether oxygens (including phenoxy) is 2. The predicted molar refractivity (Wildman–Crippen MR) is 84.9 cm³/mol. The zero-order valence-electron chi connectivity index (χ0n) is 12.8. The molecule has 0 amide bonds. The number of esters is 1. The van der Waals surface area contributed by atoms with Gasteiger partial charge < -0.3 is 14.8 Å². The van der Waals surface area contributed by atoms with Crippen molar-refractivity contribution in [3.8, 4) is 5.75 Å². The Kier molecular flexibility index (Phi) is 5.53. The molecule has 1 unspecified atom stereocenters. The quantitative estimate of drug-likeness (QED) is 0.591. The molecule has 1 aliphatic rings. The summed E-state index contributed by atoms with van der Waals surface area (Å²) in [7, 11) is 3.12. The second-order valence-electron chi connectivity index (χ2n) is 5.24. The van der Waals surface area contributed by atoms with Crippen LogP contribution >= 0.6 is 11.8 Å². The van der Waals surface area contributed by atoms with E-state index in [-0.39, 0.29) is 5.97 Å². The van der Waals surface area contributed by atoms with E-state index in [2.05, 4.69) is 5.32 Å². The first kappa shape index (κ1) is 16.2. The predicted octanol–water partition coefficient (Wildman–Crippen LogP) is 2.72. The molecule has 0 bridgehead atoms. The first-order valence-corrected chi connectivity index (χ1v) is 8.25. The summed E-state index contributed by atoms with van der Waals surface area (Å²) in [5.41, 5.74) is -0.572. The highest BCUT2D eigenvalue weighted by Gasteiger charge is 2.51. The topological polar surface area (TPSA) is 47.6 Å². The third kappa shape index (κ3) is 3.71. The first-order valence-electron chi connectivity index (χ1n) is 7.26. The van der Waals surface area contributed by atoms with Crippen molar-refractivity contribution in [1.29, 1.82) is 0 Å². The number of carbonyl (C=O) groups is 1. The summed E-state index contributed by atoms with van der Waals surface area (Å²) in [5.74, 6) is 1.73. The molecule has 0 aromatic heterocycles.